The van der Waals surface area contributed by atoms with E-state index >= 15 is 0 Å². The number of carbonyl (C=O) groups excluding carboxylic acids is 1. The average molecular weight is 257 g/mol. The lowest BCUT2D eigenvalue weighted by atomic mass is 10.3. The van der Waals surface area contributed by atoms with Gasteiger partial charge in [-0.3, -0.25) is 4.79 Å². The summed E-state index contributed by atoms with van der Waals surface area (Å²) >= 11 is 6.55. The van der Waals surface area contributed by atoms with Gasteiger partial charge in [-0.2, -0.15) is 0 Å². The van der Waals surface area contributed by atoms with Crippen molar-refractivity contribution in [2.45, 2.75) is 17.3 Å². The van der Waals surface area contributed by atoms with Crippen molar-refractivity contribution in [3.63, 3.8) is 0 Å². The summed E-state index contributed by atoms with van der Waals surface area (Å²) in [5.41, 5.74) is 0. The van der Waals surface area contributed by atoms with E-state index in [2.05, 4.69) is 37.2 Å². The predicted octanol–water partition coefficient (Wildman–Crippen LogP) is 1.03. The predicted molar refractivity (Wildman–Crippen MR) is 43.1 cm³/mol. The van der Waals surface area contributed by atoms with Crippen molar-refractivity contribution < 1.29 is 4.79 Å². The molecule has 9 heavy (non-hydrogen) atoms. The zero-order valence-electron chi connectivity index (χ0n) is 4.73. The van der Waals surface area contributed by atoms with Crippen LogP contribution in [0.5, 0.6) is 0 Å². The van der Waals surface area contributed by atoms with Gasteiger partial charge in [0.1, 0.15) is 0 Å². The van der Waals surface area contributed by atoms with E-state index in [9.17, 15) is 4.79 Å². The molecule has 2 atom stereocenters. The van der Waals surface area contributed by atoms with E-state index in [1.54, 1.807) is 0 Å². The third-order valence-electron chi connectivity index (χ3n) is 1.31. The number of amides is 1. The van der Waals surface area contributed by atoms with Gasteiger partial charge in [-0.25, -0.2) is 0 Å². The molecule has 1 fully saturated rings. The highest BCUT2D eigenvalue weighted by atomic mass is 79.9. The molecule has 0 aliphatic carbocycles. The first-order chi connectivity index (χ1) is 4.24. The Balaban J connectivity index is 2.44. The molecule has 0 radical (unpaired) electrons. The summed E-state index contributed by atoms with van der Waals surface area (Å²) in [7, 11) is 0. The van der Waals surface area contributed by atoms with Gasteiger partial charge in [-0.15, -0.1) is 0 Å². The normalized spacial score (nSPS) is 34.7. The topological polar surface area (TPSA) is 29.1 Å². The van der Waals surface area contributed by atoms with Crippen LogP contribution in [0.25, 0.3) is 0 Å². The summed E-state index contributed by atoms with van der Waals surface area (Å²) < 4.78 is 0. The highest BCUT2D eigenvalue weighted by Crippen LogP contribution is 2.16. The molecule has 1 saturated heterocycles. The monoisotopic (exact) mass is 255 g/mol. The molecule has 2 nitrogen and oxygen atoms in total. The summed E-state index contributed by atoms with van der Waals surface area (Å²) in [4.78, 5) is 10.8. The van der Waals surface area contributed by atoms with Crippen molar-refractivity contribution in [3.8, 4) is 0 Å². The molecule has 1 heterocycles. The summed E-state index contributed by atoms with van der Waals surface area (Å²) in [6.45, 7) is 0. The van der Waals surface area contributed by atoms with Crippen molar-refractivity contribution in [3.05, 3.63) is 0 Å². The first-order valence-corrected chi connectivity index (χ1v) is 4.78. The fourth-order valence-electron chi connectivity index (χ4n) is 0.809. The number of hydrogen-bond acceptors (Lipinski definition) is 1. The number of hydrogen-bond donors (Lipinski definition) is 1. The Morgan fingerprint density at radius 1 is 1.78 bits per heavy atom. The molecule has 4 heteroatoms. The molecule has 0 spiro atoms. The minimum Gasteiger partial charge on any atom is -0.352 e. The van der Waals surface area contributed by atoms with Crippen LogP contribution in [-0.2, 0) is 4.79 Å². The van der Waals surface area contributed by atoms with Crippen LogP contribution >= 0.6 is 31.9 Å². The van der Waals surface area contributed by atoms with Crippen LogP contribution in [0.15, 0.2) is 0 Å². The van der Waals surface area contributed by atoms with Gasteiger partial charge in [0.05, 0.1) is 4.83 Å². The van der Waals surface area contributed by atoms with Gasteiger partial charge in [0, 0.05) is 11.4 Å². The highest BCUT2D eigenvalue weighted by molar-refractivity contribution is 9.10. The number of halogens is 2. The molecular formula is C5H7Br2NO. The van der Waals surface area contributed by atoms with Crippen LogP contribution in [0.4, 0.5) is 0 Å². The first kappa shape index (κ1) is 7.54. The van der Waals surface area contributed by atoms with Crippen molar-refractivity contribution in [1.82, 2.24) is 5.32 Å². The minimum atomic E-state index is 0.0278. The van der Waals surface area contributed by atoms with Crippen LogP contribution in [0, 0.1) is 0 Å². The largest absolute Gasteiger partial charge is 0.352 e. The van der Waals surface area contributed by atoms with Crippen molar-refractivity contribution >= 4 is 37.8 Å². The van der Waals surface area contributed by atoms with Crippen molar-refractivity contribution in [1.29, 1.82) is 0 Å². The van der Waals surface area contributed by atoms with E-state index in [0.29, 0.717) is 6.04 Å². The fraction of sp³-hybridized carbons (Fsp3) is 0.800. The van der Waals surface area contributed by atoms with E-state index in [1.165, 1.54) is 0 Å². The maximum atomic E-state index is 10.8. The lowest BCUT2D eigenvalue weighted by Crippen LogP contribution is -2.27. The van der Waals surface area contributed by atoms with E-state index in [0.717, 1.165) is 11.8 Å². The fourth-order valence-corrected chi connectivity index (χ4v) is 1.82. The van der Waals surface area contributed by atoms with E-state index in [1.807, 2.05) is 0 Å². The van der Waals surface area contributed by atoms with Gasteiger partial charge in [0.2, 0.25) is 5.91 Å². The molecule has 2 unspecified atom stereocenters. The maximum absolute atomic E-state index is 10.8. The maximum Gasteiger partial charge on any atom is 0.234 e. The van der Waals surface area contributed by atoms with E-state index in [-0.39, 0.29) is 10.7 Å². The van der Waals surface area contributed by atoms with Crippen LogP contribution in [-0.4, -0.2) is 22.1 Å². The van der Waals surface area contributed by atoms with Gasteiger partial charge in [-0.1, -0.05) is 31.9 Å². The van der Waals surface area contributed by atoms with Gasteiger partial charge >= 0.3 is 0 Å². The molecule has 52 valence electrons. The van der Waals surface area contributed by atoms with Crippen LogP contribution in [0.1, 0.15) is 6.42 Å². The minimum absolute atomic E-state index is 0.0278. The van der Waals surface area contributed by atoms with Crippen molar-refractivity contribution in [2.24, 2.45) is 0 Å². The molecule has 0 saturated carbocycles. The summed E-state index contributed by atoms with van der Waals surface area (Å²) in [5.74, 6) is 0.111. The molecule has 0 aromatic rings. The quantitative estimate of drug-likeness (QED) is 0.698. The zero-order valence-corrected chi connectivity index (χ0v) is 7.91. The second-order valence-electron chi connectivity index (χ2n) is 2.06. The third-order valence-corrected chi connectivity index (χ3v) is 2.88. The van der Waals surface area contributed by atoms with Crippen LogP contribution in [0.3, 0.4) is 0 Å². The second kappa shape index (κ2) is 3.01. The Morgan fingerprint density at radius 3 is 2.67 bits per heavy atom. The summed E-state index contributed by atoms with van der Waals surface area (Å²) in [6, 6.07) is 0.321. The second-order valence-corrected chi connectivity index (χ2v) is 3.82. The molecule has 1 aliphatic heterocycles. The van der Waals surface area contributed by atoms with Crippen LogP contribution < -0.4 is 5.32 Å². The Morgan fingerprint density at radius 2 is 2.44 bits per heavy atom. The van der Waals surface area contributed by atoms with Gasteiger partial charge in [0.15, 0.2) is 0 Å². The summed E-state index contributed by atoms with van der Waals surface area (Å²) in [5, 5.41) is 3.67. The molecule has 0 bridgehead atoms. The Labute approximate surface area is 70.6 Å². The Bertz CT molecular complexity index is 128. The zero-order chi connectivity index (χ0) is 6.85. The average Bonchev–Trinajstić information content (AvgIpc) is 2.13. The van der Waals surface area contributed by atoms with Crippen molar-refractivity contribution in [2.75, 3.05) is 5.33 Å². The third kappa shape index (κ3) is 1.67. The molecule has 0 aromatic carbocycles. The molecule has 0 aromatic heterocycles. The summed E-state index contributed by atoms with van der Waals surface area (Å²) in [6.07, 6.45) is 0.893. The lowest BCUT2D eigenvalue weighted by Gasteiger charge is -2.01. The molecular weight excluding hydrogens is 250 g/mol. The van der Waals surface area contributed by atoms with Gasteiger partial charge in [0.25, 0.3) is 0 Å². The number of nitrogens with one attached hydrogen (secondary N) is 1. The standard InChI is InChI=1S/C5H7Br2NO/c6-2-3-1-4(7)5(9)8-3/h3-4H,1-2H2,(H,8,9). The number of alkyl halides is 2. The van der Waals surface area contributed by atoms with E-state index < -0.39 is 0 Å². The molecule has 1 amide bonds. The Hall–Kier alpha value is 0.430. The first-order valence-electron chi connectivity index (χ1n) is 2.74. The molecule has 1 rings (SSSR count). The number of carbonyl (C=O) groups is 1. The molecule has 1 aliphatic rings. The van der Waals surface area contributed by atoms with Gasteiger partial charge < -0.3 is 5.32 Å². The number of rotatable bonds is 1. The molecule has 1 N–H and O–H groups in total. The highest BCUT2D eigenvalue weighted by Gasteiger charge is 2.28. The van der Waals surface area contributed by atoms with Crippen LogP contribution in [0.2, 0.25) is 0 Å². The Kier molecular flexibility index (Phi) is 2.52. The smallest absolute Gasteiger partial charge is 0.234 e. The van der Waals surface area contributed by atoms with Gasteiger partial charge in [-0.05, 0) is 6.42 Å². The lowest BCUT2D eigenvalue weighted by molar-refractivity contribution is -0.118. The SMILES string of the molecule is O=C1NC(CBr)CC1Br. The van der Waals surface area contributed by atoms with E-state index in [4.69, 9.17) is 0 Å².